The second-order valence-electron chi connectivity index (χ2n) is 4.78. The standard InChI is InChI=1S/C11H21N3.HI/c1-8-9(2)13-11(12-8)14(3)7-6-10-4-5-10;/h8-10H,4-7H2,1-3H3,(H,12,13);1H. The van der Waals surface area contributed by atoms with Crippen molar-refractivity contribution >= 4 is 29.9 Å². The molecule has 1 aliphatic carbocycles. The maximum atomic E-state index is 4.60. The van der Waals surface area contributed by atoms with Crippen molar-refractivity contribution < 1.29 is 0 Å². The minimum absolute atomic E-state index is 0. The number of guanidine groups is 1. The van der Waals surface area contributed by atoms with Gasteiger partial charge in [-0.15, -0.1) is 24.0 Å². The minimum Gasteiger partial charge on any atom is -0.352 e. The van der Waals surface area contributed by atoms with Gasteiger partial charge in [-0.25, -0.2) is 4.99 Å². The molecular formula is C11H22IN3. The second-order valence-corrected chi connectivity index (χ2v) is 4.78. The second kappa shape index (κ2) is 5.37. The third-order valence-corrected chi connectivity index (χ3v) is 3.34. The van der Waals surface area contributed by atoms with Crippen LogP contribution in [0, 0.1) is 5.92 Å². The highest BCUT2D eigenvalue weighted by Gasteiger charge is 2.25. The third-order valence-electron chi connectivity index (χ3n) is 3.34. The molecule has 0 amide bonds. The van der Waals surface area contributed by atoms with Crippen LogP contribution in [-0.4, -0.2) is 36.5 Å². The maximum absolute atomic E-state index is 4.60. The first-order chi connectivity index (χ1) is 6.66. The maximum Gasteiger partial charge on any atom is 0.194 e. The lowest BCUT2D eigenvalue weighted by molar-refractivity contribution is 0.455. The SMILES string of the molecule is CC1N=C(N(C)CCC2CC2)NC1C.I. The van der Waals surface area contributed by atoms with Crippen LogP contribution in [0.15, 0.2) is 4.99 Å². The van der Waals surface area contributed by atoms with Crippen molar-refractivity contribution in [2.24, 2.45) is 10.9 Å². The first kappa shape index (κ1) is 13.1. The largest absolute Gasteiger partial charge is 0.352 e. The molecule has 88 valence electrons. The Kier molecular flexibility index (Phi) is 4.67. The van der Waals surface area contributed by atoms with Crippen LogP contribution in [0.4, 0.5) is 0 Å². The van der Waals surface area contributed by atoms with E-state index in [0.717, 1.165) is 18.4 Å². The Morgan fingerprint density at radius 1 is 1.40 bits per heavy atom. The van der Waals surface area contributed by atoms with Gasteiger partial charge in [0, 0.05) is 19.6 Å². The van der Waals surface area contributed by atoms with Crippen molar-refractivity contribution in [3.05, 3.63) is 0 Å². The number of nitrogens with one attached hydrogen (secondary N) is 1. The Morgan fingerprint density at radius 2 is 2.07 bits per heavy atom. The van der Waals surface area contributed by atoms with Gasteiger partial charge in [0.2, 0.25) is 0 Å². The van der Waals surface area contributed by atoms with Crippen LogP contribution >= 0.6 is 24.0 Å². The molecule has 2 unspecified atom stereocenters. The van der Waals surface area contributed by atoms with Gasteiger partial charge in [-0.1, -0.05) is 12.8 Å². The number of aliphatic imine (C=N–C) groups is 1. The summed E-state index contributed by atoms with van der Waals surface area (Å²) in [5, 5.41) is 3.42. The fourth-order valence-corrected chi connectivity index (χ4v) is 1.76. The summed E-state index contributed by atoms with van der Waals surface area (Å²) in [5.41, 5.74) is 0. The molecule has 3 nitrogen and oxygen atoms in total. The molecular weight excluding hydrogens is 301 g/mol. The van der Waals surface area contributed by atoms with Gasteiger partial charge in [-0.2, -0.15) is 0 Å². The van der Waals surface area contributed by atoms with Crippen LogP contribution in [0.5, 0.6) is 0 Å². The number of hydrogen-bond acceptors (Lipinski definition) is 3. The van der Waals surface area contributed by atoms with E-state index >= 15 is 0 Å². The van der Waals surface area contributed by atoms with Gasteiger partial charge in [0.25, 0.3) is 0 Å². The zero-order valence-electron chi connectivity index (χ0n) is 9.86. The Hall–Kier alpha value is 0. The van der Waals surface area contributed by atoms with E-state index in [2.05, 4.69) is 36.1 Å². The lowest BCUT2D eigenvalue weighted by atomic mass is 10.2. The Bertz CT molecular complexity index is 238. The van der Waals surface area contributed by atoms with E-state index in [4.69, 9.17) is 0 Å². The Balaban J connectivity index is 0.00000112. The lowest BCUT2D eigenvalue weighted by Gasteiger charge is -2.19. The Morgan fingerprint density at radius 3 is 2.53 bits per heavy atom. The normalized spacial score (nSPS) is 29.1. The van der Waals surface area contributed by atoms with Gasteiger partial charge in [-0.3, -0.25) is 0 Å². The number of halogens is 1. The molecule has 1 fully saturated rings. The summed E-state index contributed by atoms with van der Waals surface area (Å²) in [7, 11) is 2.14. The molecule has 2 aliphatic rings. The van der Waals surface area contributed by atoms with E-state index in [1.165, 1.54) is 19.3 Å². The van der Waals surface area contributed by atoms with Crippen LogP contribution in [0.1, 0.15) is 33.1 Å². The van der Waals surface area contributed by atoms with Gasteiger partial charge in [-0.05, 0) is 26.2 Å². The van der Waals surface area contributed by atoms with Crippen molar-refractivity contribution in [1.29, 1.82) is 0 Å². The first-order valence-electron chi connectivity index (χ1n) is 5.72. The molecule has 1 heterocycles. The monoisotopic (exact) mass is 323 g/mol. The van der Waals surface area contributed by atoms with Gasteiger partial charge >= 0.3 is 0 Å². The average molecular weight is 323 g/mol. The predicted molar refractivity (Wildman–Crippen MR) is 74.9 cm³/mol. The highest BCUT2D eigenvalue weighted by atomic mass is 127. The molecule has 2 rings (SSSR count). The molecule has 0 radical (unpaired) electrons. The molecule has 15 heavy (non-hydrogen) atoms. The van der Waals surface area contributed by atoms with E-state index in [1.807, 2.05) is 0 Å². The number of hydrogen-bond donors (Lipinski definition) is 1. The lowest BCUT2D eigenvalue weighted by Crippen LogP contribution is -2.40. The minimum atomic E-state index is 0. The highest BCUT2D eigenvalue weighted by molar-refractivity contribution is 14.0. The van der Waals surface area contributed by atoms with E-state index in [-0.39, 0.29) is 24.0 Å². The van der Waals surface area contributed by atoms with E-state index in [9.17, 15) is 0 Å². The van der Waals surface area contributed by atoms with Crippen molar-refractivity contribution in [2.45, 2.75) is 45.2 Å². The summed E-state index contributed by atoms with van der Waals surface area (Å²) >= 11 is 0. The van der Waals surface area contributed by atoms with Crippen LogP contribution in [-0.2, 0) is 0 Å². The molecule has 0 aromatic rings. The van der Waals surface area contributed by atoms with Crippen LogP contribution in [0.2, 0.25) is 0 Å². The van der Waals surface area contributed by atoms with Crippen LogP contribution < -0.4 is 5.32 Å². The molecule has 4 heteroatoms. The van der Waals surface area contributed by atoms with E-state index in [0.29, 0.717) is 12.1 Å². The average Bonchev–Trinajstić information content (AvgIpc) is 2.91. The smallest absolute Gasteiger partial charge is 0.194 e. The topological polar surface area (TPSA) is 27.6 Å². The van der Waals surface area contributed by atoms with E-state index < -0.39 is 0 Å². The molecule has 0 aromatic heterocycles. The van der Waals surface area contributed by atoms with Crippen LogP contribution in [0.25, 0.3) is 0 Å². The molecule has 1 saturated carbocycles. The summed E-state index contributed by atoms with van der Waals surface area (Å²) in [5.74, 6) is 2.10. The fourth-order valence-electron chi connectivity index (χ4n) is 1.76. The molecule has 0 spiro atoms. The highest BCUT2D eigenvalue weighted by Crippen LogP contribution is 2.32. The Labute approximate surface area is 110 Å². The summed E-state index contributed by atoms with van der Waals surface area (Å²) in [6.07, 6.45) is 4.22. The first-order valence-corrected chi connectivity index (χ1v) is 5.72. The summed E-state index contributed by atoms with van der Waals surface area (Å²) < 4.78 is 0. The van der Waals surface area contributed by atoms with Crippen molar-refractivity contribution in [3.8, 4) is 0 Å². The summed E-state index contributed by atoms with van der Waals surface area (Å²) in [6.45, 7) is 5.51. The molecule has 0 saturated heterocycles. The summed E-state index contributed by atoms with van der Waals surface area (Å²) in [4.78, 5) is 6.86. The fraction of sp³-hybridized carbons (Fsp3) is 0.909. The molecule has 1 aliphatic heterocycles. The van der Waals surface area contributed by atoms with Gasteiger partial charge in [0.1, 0.15) is 0 Å². The van der Waals surface area contributed by atoms with Crippen LogP contribution in [0.3, 0.4) is 0 Å². The zero-order valence-corrected chi connectivity index (χ0v) is 12.2. The molecule has 0 bridgehead atoms. The van der Waals surface area contributed by atoms with E-state index in [1.54, 1.807) is 0 Å². The number of nitrogens with zero attached hydrogens (tertiary/aromatic N) is 2. The van der Waals surface area contributed by atoms with Gasteiger partial charge in [0.05, 0.1) is 6.04 Å². The number of rotatable bonds is 3. The van der Waals surface area contributed by atoms with Crippen molar-refractivity contribution in [1.82, 2.24) is 10.2 Å². The molecule has 1 N–H and O–H groups in total. The quantitative estimate of drug-likeness (QED) is 0.805. The molecule has 0 aromatic carbocycles. The predicted octanol–water partition coefficient (Wildman–Crippen LogP) is 2.07. The third kappa shape index (κ3) is 3.50. The zero-order chi connectivity index (χ0) is 10.1. The van der Waals surface area contributed by atoms with Gasteiger partial charge in [0.15, 0.2) is 5.96 Å². The van der Waals surface area contributed by atoms with Gasteiger partial charge < -0.3 is 10.2 Å². The van der Waals surface area contributed by atoms with Crippen molar-refractivity contribution in [3.63, 3.8) is 0 Å². The van der Waals surface area contributed by atoms with Crippen molar-refractivity contribution in [2.75, 3.05) is 13.6 Å². The summed E-state index contributed by atoms with van der Waals surface area (Å²) in [6, 6.07) is 0.918. The molecule has 2 atom stereocenters.